The number of carbonyl (C=O) groups excluding carboxylic acids is 1. The van der Waals surface area contributed by atoms with Crippen LogP contribution >= 0.6 is 0 Å². The summed E-state index contributed by atoms with van der Waals surface area (Å²) in [5.41, 5.74) is 0.387. The third kappa shape index (κ3) is 2.42. The van der Waals surface area contributed by atoms with Gasteiger partial charge >= 0.3 is 12.0 Å². The van der Waals surface area contributed by atoms with E-state index in [1.807, 2.05) is 0 Å². The standard InChI is InChI=1S/C12H6F4O2/c13-8-3-1-7(2-4-8)9-5-6-10(18-9)11(17)12(14,15)16/h1-6H. The third-order valence-electron chi connectivity index (χ3n) is 2.22. The van der Waals surface area contributed by atoms with Gasteiger partial charge in [0.2, 0.25) is 0 Å². The molecule has 2 nitrogen and oxygen atoms in total. The fourth-order valence-electron chi connectivity index (χ4n) is 1.37. The van der Waals surface area contributed by atoms with Crippen LogP contribution in [-0.2, 0) is 0 Å². The molecule has 0 unspecified atom stereocenters. The van der Waals surface area contributed by atoms with Gasteiger partial charge in [-0.05, 0) is 36.4 Å². The topological polar surface area (TPSA) is 30.2 Å². The van der Waals surface area contributed by atoms with Crippen LogP contribution in [0, 0.1) is 5.82 Å². The smallest absolute Gasteiger partial charge is 0.453 e. The summed E-state index contributed by atoms with van der Waals surface area (Å²) in [6.45, 7) is 0. The number of rotatable bonds is 2. The minimum Gasteiger partial charge on any atom is -0.453 e. The van der Waals surface area contributed by atoms with Gasteiger partial charge in [0, 0.05) is 5.56 Å². The summed E-state index contributed by atoms with van der Waals surface area (Å²) in [6, 6.07) is 7.14. The number of benzene rings is 1. The van der Waals surface area contributed by atoms with Gasteiger partial charge < -0.3 is 4.42 Å². The molecule has 0 atom stereocenters. The zero-order chi connectivity index (χ0) is 13.3. The molecule has 0 aliphatic carbocycles. The molecule has 2 aromatic rings. The van der Waals surface area contributed by atoms with Crippen molar-refractivity contribution in [2.75, 3.05) is 0 Å². The fraction of sp³-hybridized carbons (Fsp3) is 0.0833. The highest BCUT2D eigenvalue weighted by molar-refractivity contribution is 5.98. The average Bonchev–Trinajstić information content (AvgIpc) is 2.77. The van der Waals surface area contributed by atoms with E-state index in [0.29, 0.717) is 5.56 Å². The molecule has 0 amide bonds. The number of furan rings is 1. The minimum atomic E-state index is -4.97. The molecule has 0 bridgehead atoms. The Labute approximate surface area is 98.8 Å². The number of alkyl halides is 3. The lowest BCUT2D eigenvalue weighted by atomic mass is 10.2. The van der Waals surface area contributed by atoms with Gasteiger partial charge in [-0.15, -0.1) is 0 Å². The first-order valence-corrected chi connectivity index (χ1v) is 4.85. The van der Waals surface area contributed by atoms with Crippen molar-refractivity contribution in [1.82, 2.24) is 0 Å². The van der Waals surface area contributed by atoms with E-state index in [-0.39, 0.29) is 5.76 Å². The van der Waals surface area contributed by atoms with E-state index in [1.54, 1.807) is 0 Å². The van der Waals surface area contributed by atoms with Gasteiger partial charge in [0.1, 0.15) is 11.6 Å². The molecule has 0 aliphatic rings. The monoisotopic (exact) mass is 258 g/mol. The Hall–Kier alpha value is -2.11. The quantitative estimate of drug-likeness (QED) is 0.605. The van der Waals surface area contributed by atoms with Crippen LogP contribution in [0.2, 0.25) is 0 Å². The summed E-state index contributed by atoms with van der Waals surface area (Å²) in [5, 5.41) is 0. The highest BCUT2D eigenvalue weighted by Gasteiger charge is 2.41. The number of hydrogen-bond donors (Lipinski definition) is 0. The SMILES string of the molecule is O=C(c1ccc(-c2ccc(F)cc2)o1)C(F)(F)F. The number of carbonyl (C=O) groups is 1. The van der Waals surface area contributed by atoms with E-state index < -0.39 is 23.5 Å². The molecule has 1 aromatic carbocycles. The first-order valence-electron chi connectivity index (χ1n) is 4.85. The fourth-order valence-corrected chi connectivity index (χ4v) is 1.37. The summed E-state index contributed by atoms with van der Waals surface area (Å²) in [4.78, 5) is 10.9. The summed E-state index contributed by atoms with van der Waals surface area (Å²) in [7, 11) is 0. The van der Waals surface area contributed by atoms with Crippen molar-refractivity contribution < 1.29 is 26.8 Å². The maximum Gasteiger partial charge on any atom is 0.458 e. The molecular weight excluding hydrogens is 252 g/mol. The van der Waals surface area contributed by atoms with E-state index >= 15 is 0 Å². The molecule has 18 heavy (non-hydrogen) atoms. The van der Waals surface area contributed by atoms with Crippen LogP contribution in [0.5, 0.6) is 0 Å². The molecule has 1 aromatic heterocycles. The van der Waals surface area contributed by atoms with E-state index in [4.69, 9.17) is 4.42 Å². The highest BCUT2D eigenvalue weighted by atomic mass is 19.4. The van der Waals surface area contributed by atoms with Gasteiger partial charge in [-0.2, -0.15) is 13.2 Å². The summed E-state index contributed by atoms with van der Waals surface area (Å²) in [6.07, 6.45) is -4.97. The normalized spacial score (nSPS) is 11.6. The Morgan fingerprint density at radius 1 is 1.00 bits per heavy atom. The number of halogens is 4. The predicted molar refractivity (Wildman–Crippen MR) is 54.5 cm³/mol. The lowest BCUT2D eigenvalue weighted by molar-refractivity contribution is -0.0899. The molecule has 0 N–H and O–H groups in total. The Morgan fingerprint density at radius 3 is 2.17 bits per heavy atom. The lowest BCUT2D eigenvalue weighted by Crippen LogP contribution is -2.21. The van der Waals surface area contributed by atoms with Crippen molar-refractivity contribution in [2.45, 2.75) is 6.18 Å². The zero-order valence-electron chi connectivity index (χ0n) is 8.79. The minimum absolute atomic E-state index is 0.0719. The molecule has 0 fully saturated rings. The number of ketones is 1. The number of hydrogen-bond acceptors (Lipinski definition) is 2. The van der Waals surface area contributed by atoms with Crippen molar-refractivity contribution in [2.24, 2.45) is 0 Å². The first kappa shape index (κ1) is 12.3. The summed E-state index contributed by atoms with van der Waals surface area (Å²) in [5.74, 6) is -3.24. The molecule has 94 valence electrons. The van der Waals surface area contributed by atoms with Crippen molar-refractivity contribution >= 4 is 5.78 Å². The molecule has 0 saturated heterocycles. The zero-order valence-corrected chi connectivity index (χ0v) is 8.79. The van der Waals surface area contributed by atoms with Gasteiger partial charge in [-0.1, -0.05) is 0 Å². The first-order chi connectivity index (χ1) is 8.38. The van der Waals surface area contributed by atoms with Crippen LogP contribution < -0.4 is 0 Å². The Balaban J connectivity index is 2.31. The Bertz CT molecular complexity index is 567. The lowest BCUT2D eigenvalue weighted by Gasteiger charge is -2.01. The van der Waals surface area contributed by atoms with Gasteiger partial charge in [0.05, 0.1) is 0 Å². The maximum absolute atomic E-state index is 12.7. The Kier molecular flexibility index (Phi) is 2.94. The van der Waals surface area contributed by atoms with Gasteiger partial charge in [0.25, 0.3) is 0 Å². The number of Topliss-reactive ketones (excluding diaryl/α,β-unsaturated/α-hetero) is 1. The highest BCUT2D eigenvalue weighted by Crippen LogP contribution is 2.27. The summed E-state index contributed by atoms with van der Waals surface area (Å²) < 4.78 is 53.9. The van der Waals surface area contributed by atoms with Crippen molar-refractivity contribution in [3.8, 4) is 11.3 Å². The van der Waals surface area contributed by atoms with Gasteiger partial charge in [-0.25, -0.2) is 4.39 Å². The van der Waals surface area contributed by atoms with Crippen molar-refractivity contribution in [1.29, 1.82) is 0 Å². The third-order valence-corrected chi connectivity index (χ3v) is 2.22. The van der Waals surface area contributed by atoms with Gasteiger partial charge in [-0.3, -0.25) is 4.79 Å². The van der Waals surface area contributed by atoms with E-state index in [1.165, 1.54) is 18.2 Å². The van der Waals surface area contributed by atoms with E-state index in [0.717, 1.165) is 18.2 Å². The second-order valence-electron chi connectivity index (χ2n) is 3.50. The second-order valence-corrected chi connectivity index (χ2v) is 3.50. The van der Waals surface area contributed by atoms with Crippen LogP contribution in [0.15, 0.2) is 40.8 Å². The average molecular weight is 258 g/mol. The molecule has 0 spiro atoms. The molecular formula is C12H6F4O2. The Morgan fingerprint density at radius 2 is 1.61 bits per heavy atom. The van der Waals surface area contributed by atoms with Crippen LogP contribution in [-0.4, -0.2) is 12.0 Å². The van der Waals surface area contributed by atoms with E-state index in [2.05, 4.69) is 0 Å². The van der Waals surface area contributed by atoms with Crippen molar-refractivity contribution in [3.63, 3.8) is 0 Å². The van der Waals surface area contributed by atoms with Crippen molar-refractivity contribution in [3.05, 3.63) is 48.0 Å². The van der Waals surface area contributed by atoms with E-state index in [9.17, 15) is 22.4 Å². The maximum atomic E-state index is 12.7. The summed E-state index contributed by atoms with van der Waals surface area (Å²) >= 11 is 0. The molecule has 1 heterocycles. The molecule has 2 rings (SSSR count). The van der Waals surface area contributed by atoms with Crippen LogP contribution in [0.25, 0.3) is 11.3 Å². The molecule has 0 aliphatic heterocycles. The molecule has 6 heteroatoms. The predicted octanol–water partition coefficient (Wildman–Crippen LogP) is 3.83. The van der Waals surface area contributed by atoms with Gasteiger partial charge in [0.15, 0.2) is 5.76 Å². The van der Waals surface area contributed by atoms with Crippen LogP contribution in [0.1, 0.15) is 10.6 Å². The van der Waals surface area contributed by atoms with Crippen LogP contribution in [0.3, 0.4) is 0 Å². The largest absolute Gasteiger partial charge is 0.458 e. The van der Waals surface area contributed by atoms with Crippen LogP contribution in [0.4, 0.5) is 17.6 Å². The molecule has 0 radical (unpaired) electrons. The molecule has 0 saturated carbocycles. The second kappa shape index (κ2) is 4.29.